The van der Waals surface area contributed by atoms with Crippen LogP contribution in [0.15, 0.2) is 36.4 Å². The summed E-state index contributed by atoms with van der Waals surface area (Å²) in [5.41, 5.74) is 2.35. The Hall–Kier alpha value is -1.45. The minimum Gasteiger partial charge on any atom is -0.306 e. The Balaban J connectivity index is 2.53. The number of rotatable bonds is 4. The Labute approximate surface area is 122 Å². The molecule has 0 aliphatic rings. The predicted molar refractivity (Wildman–Crippen MR) is 78.1 cm³/mol. The molecule has 0 radical (unpaired) electrons. The van der Waals surface area contributed by atoms with Crippen LogP contribution < -0.4 is 5.32 Å². The van der Waals surface area contributed by atoms with Gasteiger partial charge in [-0.2, -0.15) is 0 Å². The molecule has 0 aliphatic carbocycles. The van der Waals surface area contributed by atoms with Crippen LogP contribution in [-0.4, -0.2) is 6.54 Å². The van der Waals surface area contributed by atoms with Gasteiger partial charge in [0.25, 0.3) is 0 Å². The average Bonchev–Trinajstić information content (AvgIpc) is 2.40. The largest absolute Gasteiger partial charge is 0.306 e. The van der Waals surface area contributed by atoms with Gasteiger partial charge in [-0.15, -0.1) is 0 Å². The lowest BCUT2D eigenvalue weighted by molar-refractivity contribution is 0.596. The molecule has 1 nitrogen and oxygen atoms in total. The highest BCUT2D eigenvalue weighted by Gasteiger charge is 2.18. The van der Waals surface area contributed by atoms with E-state index in [1.807, 2.05) is 13.8 Å². The zero-order chi connectivity index (χ0) is 14.7. The highest BCUT2D eigenvalue weighted by atomic mass is 35.5. The quantitative estimate of drug-likeness (QED) is 0.867. The molecule has 0 fully saturated rings. The van der Waals surface area contributed by atoms with Gasteiger partial charge in [0.05, 0.1) is 6.04 Å². The minimum atomic E-state index is -0.341. The van der Waals surface area contributed by atoms with E-state index in [1.54, 1.807) is 6.07 Å². The maximum atomic E-state index is 13.5. The molecule has 106 valence electrons. The van der Waals surface area contributed by atoms with Crippen molar-refractivity contribution in [2.24, 2.45) is 0 Å². The first-order valence-electron chi connectivity index (χ1n) is 6.47. The van der Waals surface area contributed by atoms with Gasteiger partial charge in [-0.3, -0.25) is 0 Å². The van der Waals surface area contributed by atoms with E-state index < -0.39 is 0 Å². The smallest absolute Gasteiger partial charge is 0.123 e. The molecule has 2 aromatic rings. The molecule has 0 aromatic heterocycles. The summed E-state index contributed by atoms with van der Waals surface area (Å²) in [5.74, 6) is -0.626. The van der Waals surface area contributed by atoms with E-state index in [0.29, 0.717) is 17.1 Å². The summed E-state index contributed by atoms with van der Waals surface area (Å²) in [4.78, 5) is 0. The topological polar surface area (TPSA) is 12.0 Å². The molecule has 0 heterocycles. The van der Waals surface area contributed by atoms with E-state index in [4.69, 9.17) is 11.6 Å². The lowest BCUT2D eigenvalue weighted by atomic mass is 9.94. The molecule has 1 atom stereocenters. The highest BCUT2D eigenvalue weighted by Crippen LogP contribution is 2.31. The number of nitrogens with one attached hydrogen (secondary N) is 1. The summed E-state index contributed by atoms with van der Waals surface area (Å²) in [5, 5.41) is 3.76. The predicted octanol–water partition coefficient (Wildman–Crippen LogP) is 4.63. The second kappa shape index (κ2) is 6.33. The van der Waals surface area contributed by atoms with Gasteiger partial charge in [0, 0.05) is 5.02 Å². The maximum Gasteiger partial charge on any atom is 0.123 e. The number of hydrogen-bond acceptors (Lipinski definition) is 1. The van der Waals surface area contributed by atoms with Crippen molar-refractivity contribution in [3.05, 3.63) is 69.7 Å². The van der Waals surface area contributed by atoms with Crippen molar-refractivity contribution in [1.82, 2.24) is 5.32 Å². The molecule has 1 N–H and O–H groups in total. The Kier molecular flexibility index (Phi) is 4.73. The van der Waals surface area contributed by atoms with Gasteiger partial charge in [0.2, 0.25) is 0 Å². The van der Waals surface area contributed by atoms with Gasteiger partial charge < -0.3 is 5.32 Å². The third-order valence-electron chi connectivity index (χ3n) is 3.22. The van der Waals surface area contributed by atoms with E-state index in [2.05, 4.69) is 5.32 Å². The van der Waals surface area contributed by atoms with Gasteiger partial charge in [-0.1, -0.05) is 24.6 Å². The molecule has 2 rings (SSSR count). The van der Waals surface area contributed by atoms with Crippen molar-refractivity contribution in [3.8, 4) is 0 Å². The van der Waals surface area contributed by atoms with Gasteiger partial charge in [0.1, 0.15) is 11.6 Å². The van der Waals surface area contributed by atoms with Crippen LogP contribution in [0.5, 0.6) is 0 Å². The fourth-order valence-corrected chi connectivity index (χ4v) is 2.52. The molecule has 0 spiro atoms. The van der Waals surface area contributed by atoms with Crippen LogP contribution in [0.25, 0.3) is 0 Å². The normalized spacial score (nSPS) is 12.4. The molecular formula is C16H16ClF2N. The van der Waals surface area contributed by atoms with Crippen molar-refractivity contribution in [1.29, 1.82) is 0 Å². The molecule has 0 aliphatic heterocycles. The first kappa shape index (κ1) is 14.9. The lowest BCUT2D eigenvalue weighted by Gasteiger charge is -2.22. The molecule has 20 heavy (non-hydrogen) atoms. The summed E-state index contributed by atoms with van der Waals surface area (Å²) in [6, 6.07) is 8.59. The van der Waals surface area contributed by atoms with Crippen LogP contribution in [0, 0.1) is 18.6 Å². The first-order valence-corrected chi connectivity index (χ1v) is 6.85. The molecule has 0 saturated carbocycles. The molecule has 0 amide bonds. The summed E-state index contributed by atoms with van der Waals surface area (Å²) >= 11 is 6.18. The third kappa shape index (κ3) is 3.17. The molecule has 0 bridgehead atoms. The number of halogens is 3. The van der Waals surface area contributed by atoms with Crippen LogP contribution in [0.2, 0.25) is 5.02 Å². The number of benzene rings is 2. The summed E-state index contributed by atoms with van der Waals surface area (Å²) < 4.78 is 26.7. The van der Waals surface area contributed by atoms with Gasteiger partial charge >= 0.3 is 0 Å². The molecular weight excluding hydrogens is 280 g/mol. The number of aryl methyl sites for hydroxylation is 1. The highest BCUT2D eigenvalue weighted by molar-refractivity contribution is 6.31. The first-order chi connectivity index (χ1) is 9.52. The van der Waals surface area contributed by atoms with Gasteiger partial charge in [0.15, 0.2) is 0 Å². The Bertz CT molecular complexity index is 613. The van der Waals surface area contributed by atoms with Gasteiger partial charge in [-0.05, 0) is 60.5 Å². The zero-order valence-electron chi connectivity index (χ0n) is 11.4. The fraction of sp³-hybridized carbons (Fsp3) is 0.250. The lowest BCUT2D eigenvalue weighted by Crippen LogP contribution is -2.23. The standard InChI is InChI=1S/C16H16ClF2N/c1-3-20-16(13-6-4-11(18)8-10(13)2)14-9-12(19)5-7-15(14)17/h4-9,16,20H,3H2,1-2H3. The average molecular weight is 296 g/mol. The van der Waals surface area contributed by atoms with Crippen molar-refractivity contribution in [2.45, 2.75) is 19.9 Å². The Morgan fingerprint density at radius 1 is 1.05 bits per heavy atom. The fourth-order valence-electron chi connectivity index (χ4n) is 2.29. The number of hydrogen-bond donors (Lipinski definition) is 1. The summed E-state index contributed by atoms with van der Waals surface area (Å²) in [7, 11) is 0. The Morgan fingerprint density at radius 3 is 2.35 bits per heavy atom. The Morgan fingerprint density at radius 2 is 1.70 bits per heavy atom. The van der Waals surface area contributed by atoms with Crippen molar-refractivity contribution < 1.29 is 8.78 Å². The van der Waals surface area contributed by atoms with Gasteiger partial charge in [-0.25, -0.2) is 8.78 Å². The summed E-state index contributed by atoms with van der Waals surface area (Å²) in [6.07, 6.45) is 0. The zero-order valence-corrected chi connectivity index (χ0v) is 12.1. The maximum absolute atomic E-state index is 13.5. The van der Waals surface area contributed by atoms with Crippen molar-refractivity contribution >= 4 is 11.6 Å². The minimum absolute atomic E-state index is 0.260. The molecule has 0 saturated heterocycles. The van der Waals surface area contributed by atoms with Crippen LogP contribution in [-0.2, 0) is 0 Å². The summed E-state index contributed by atoms with van der Waals surface area (Å²) in [6.45, 7) is 4.48. The van der Waals surface area contributed by atoms with E-state index in [0.717, 1.165) is 11.1 Å². The molecule has 2 aromatic carbocycles. The van der Waals surface area contributed by atoms with Crippen LogP contribution in [0.1, 0.15) is 29.7 Å². The second-order valence-electron chi connectivity index (χ2n) is 4.66. The van der Waals surface area contributed by atoms with Crippen molar-refractivity contribution in [2.75, 3.05) is 6.54 Å². The van der Waals surface area contributed by atoms with Crippen molar-refractivity contribution in [3.63, 3.8) is 0 Å². The molecule has 4 heteroatoms. The van der Waals surface area contributed by atoms with E-state index in [1.165, 1.54) is 30.3 Å². The third-order valence-corrected chi connectivity index (χ3v) is 3.56. The van der Waals surface area contributed by atoms with E-state index in [-0.39, 0.29) is 17.7 Å². The van der Waals surface area contributed by atoms with E-state index >= 15 is 0 Å². The SMILES string of the molecule is CCNC(c1ccc(F)cc1C)c1cc(F)ccc1Cl. The monoisotopic (exact) mass is 295 g/mol. The van der Waals surface area contributed by atoms with Crippen LogP contribution >= 0.6 is 11.6 Å². The van der Waals surface area contributed by atoms with Crippen LogP contribution in [0.3, 0.4) is 0 Å². The van der Waals surface area contributed by atoms with E-state index in [9.17, 15) is 8.78 Å². The molecule has 1 unspecified atom stereocenters. The second-order valence-corrected chi connectivity index (χ2v) is 5.06. The van der Waals surface area contributed by atoms with Crippen LogP contribution in [0.4, 0.5) is 8.78 Å².